The van der Waals surface area contributed by atoms with Crippen LogP contribution in [0.3, 0.4) is 0 Å². The van der Waals surface area contributed by atoms with Crippen LogP contribution < -0.4 is 0 Å². The van der Waals surface area contributed by atoms with Gasteiger partial charge in [-0.15, -0.1) is 17.3 Å². The van der Waals surface area contributed by atoms with E-state index in [9.17, 15) is 9.59 Å². The molecule has 1 aromatic heterocycles. The molecule has 2 amide bonds. The number of hydrogen-bond acceptors (Lipinski definition) is 4. The van der Waals surface area contributed by atoms with Gasteiger partial charge in [0.15, 0.2) is 0 Å². The molecular formula is C28H25N3O2S. The van der Waals surface area contributed by atoms with Crippen molar-refractivity contribution in [3.8, 4) is 11.8 Å². The predicted molar refractivity (Wildman–Crippen MR) is 137 cm³/mol. The summed E-state index contributed by atoms with van der Waals surface area (Å²) in [6, 6.07) is 15.3. The largest absolute Gasteiger partial charge is 0.286 e. The minimum absolute atomic E-state index is 0.0810. The number of carbonyl (C=O) groups is 2. The first-order valence-electron chi connectivity index (χ1n) is 11.2. The molecule has 34 heavy (non-hydrogen) atoms. The molecule has 1 unspecified atom stereocenters. The number of nitrogens with zero attached hydrogens (tertiary/aromatic N) is 2. The molecule has 0 bridgehead atoms. The summed E-state index contributed by atoms with van der Waals surface area (Å²) in [6.07, 6.45) is 5.07. The monoisotopic (exact) mass is 467 g/mol. The second-order valence-corrected chi connectivity index (χ2v) is 10.1. The lowest BCUT2D eigenvalue weighted by molar-refractivity contribution is -0.132. The summed E-state index contributed by atoms with van der Waals surface area (Å²) in [5.41, 5.74) is 1.84. The molecule has 5 nitrogen and oxygen atoms in total. The van der Waals surface area contributed by atoms with Crippen LogP contribution in [-0.4, -0.2) is 40.2 Å². The highest BCUT2D eigenvalue weighted by Gasteiger charge is 2.51. The highest BCUT2D eigenvalue weighted by atomic mass is 32.1. The van der Waals surface area contributed by atoms with Crippen LogP contribution in [0.2, 0.25) is 0 Å². The van der Waals surface area contributed by atoms with Crippen molar-refractivity contribution in [2.45, 2.75) is 32.2 Å². The fourth-order valence-corrected chi connectivity index (χ4v) is 6.13. The van der Waals surface area contributed by atoms with Crippen molar-refractivity contribution in [3.63, 3.8) is 0 Å². The first-order valence-corrected chi connectivity index (χ1v) is 12.1. The lowest BCUT2D eigenvalue weighted by Crippen LogP contribution is -2.66. The molecule has 0 radical (unpaired) electrons. The molecule has 2 atom stereocenters. The van der Waals surface area contributed by atoms with Crippen molar-refractivity contribution in [3.05, 3.63) is 76.2 Å². The van der Waals surface area contributed by atoms with Crippen LogP contribution in [0.1, 0.15) is 46.6 Å². The van der Waals surface area contributed by atoms with Crippen molar-refractivity contribution >= 4 is 45.3 Å². The van der Waals surface area contributed by atoms with Gasteiger partial charge in [-0.1, -0.05) is 30.2 Å². The van der Waals surface area contributed by atoms with Crippen molar-refractivity contribution in [2.24, 2.45) is 5.92 Å². The van der Waals surface area contributed by atoms with Gasteiger partial charge in [0, 0.05) is 33.7 Å². The molecule has 3 aromatic rings. The Morgan fingerprint density at radius 2 is 1.97 bits per heavy atom. The van der Waals surface area contributed by atoms with Crippen LogP contribution in [0.4, 0.5) is 0 Å². The predicted octanol–water partition coefficient (Wildman–Crippen LogP) is 5.16. The van der Waals surface area contributed by atoms with Gasteiger partial charge >= 0.3 is 0 Å². The molecule has 1 aliphatic carbocycles. The number of carbonyl (C=O) groups excluding carboxylic acids is 2. The van der Waals surface area contributed by atoms with Crippen LogP contribution in [0, 0.1) is 23.2 Å². The van der Waals surface area contributed by atoms with E-state index in [-0.39, 0.29) is 30.1 Å². The molecular weight excluding hydrogens is 442 g/mol. The molecule has 6 heteroatoms. The molecule has 1 aliphatic heterocycles. The average molecular weight is 468 g/mol. The second kappa shape index (κ2) is 8.27. The fraction of sp³-hybridized carbons (Fsp3) is 0.250. The van der Waals surface area contributed by atoms with Gasteiger partial charge in [-0.25, -0.2) is 0 Å². The minimum Gasteiger partial charge on any atom is -0.286 e. The number of guanidine groups is 1. The maximum Gasteiger partial charge on any atom is 0.261 e. The van der Waals surface area contributed by atoms with Gasteiger partial charge in [-0.2, -0.15) is 0 Å². The Labute approximate surface area is 203 Å². The van der Waals surface area contributed by atoms with Crippen molar-refractivity contribution in [2.75, 3.05) is 7.05 Å². The fourth-order valence-electron chi connectivity index (χ4n) is 5.00. The van der Waals surface area contributed by atoms with Crippen LogP contribution >= 0.6 is 11.3 Å². The summed E-state index contributed by atoms with van der Waals surface area (Å²) in [7, 11) is 1.56. The highest BCUT2D eigenvalue weighted by molar-refractivity contribution is 7.20. The Balaban J connectivity index is 1.58. The van der Waals surface area contributed by atoms with Crippen LogP contribution in [0.5, 0.6) is 0 Å². The lowest BCUT2D eigenvalue weighted by Gasteiger charge is -2.50. The summed E-state index contributed by atoms with van der Waals surface area (Å²) < 4.78 is 1.20. The molecule has 0 saturated carbocycles. The number of hydrogen-bond donors (Lipinski definition) is 1. The first kappa shape index (κ1) is 22.1. The Kier molecular flexibility index (Phi) is 5.38. The van der Waals surface area contributed by atoms with Crippen LogP contribution in [0.15, 0.2) is 54.6 Å². The summed E-state index contributed by atoms with van der Waals surface area (Å²) in [6.45, 7) is 3.77. The number of thiophene rings is 1. The van der Waals surface area contributed by atoms with E-state index in [1.54, 1.807) is 30.5 Å². The maximum absolute atomic E-state index is 13.7. The number of fused-ring (bicyclic) bond motifs is 3. The van der Waals surface area contributed by atoms with Crippen molar-refractivity contribution < 1.29 is 9.59 Å². The highest BCUT2D eigenvalue weighted by Crippen LogP contribution is 2.44. The zero-order chi connectivity index (χ0) is 24.0. The first-order chi connectivity index (χ1) is 16.3. The molecule has 170 valence electrons. The van der Waals surface area contributed by atoms with Gasteiger partial charge in [0.25, 0.3) is 5.91 Å². The number of benzene rings is 2. The van der Waals surface area contributed by atoms with Gasteiger partial charge in [-0.05, 0) is 67.6 Å². The molecule has 1 N–H and O–H groups in total. The van der Waals surface area contributed by atoms with E-state index in [0.717, 1.165) is 5.56 Å². The summed E-state index contributed by atoms with van der Waals surface area (Å²) in [5.74, 6) is 5.49. The van der Waals surface area contributed by atoms with Gasteiger partial charge in [0.1, 0.15) is 0 Å². The van der Waals surface area contributed by atoms with Crippen LogP contribution in [0.25, 0.3) is 16.2 Å². The standard InChI is InChI=1S/C28H25N3O2S/c1-4-8-18-11-13-23-21(15-18)22-16-20(12-14-24(22)34-23)28(2)17-25(32)30(3)27(29)31(28)26(33)19-9-6-5-7-10-19/h5-7,9-15,20,29H,16-17H2,1-3H3/t20?,28-/m0/s1. The summed E-state index contributed by atoms with van der Waals surface area (Å²) in [4.78, 5) is 30.6. The van der Waals surface area contributed by atoms with E-state index in [1.165, 1.54) is 30.3 Å². The average Bonchev–Trinajstić information content (AvgIpc) is 3.20. The lowest BCUT2D eigenvalue weighted by atomic mass is 9.73. The van der Waals surface area contributed by atoms with Gasteiger partial charge in [-0.3, -0.25) is 24.8 Å². The van der Waals surface area contributed by atoms with Gasteiger partial charge < -0.3 is 0 Å². The topological polar surface area (TPSA) is 64.5 Å². The van der Waals surface area contributed by atoms with Crippen molar-refractivity contribution in [1.82, 2.24) is 9.80 Å². The van der Waals surface area contributed by atoms with E-state index >= 15 is 0 Å². The molecule has 1 saturated heterocycles. The Bertz CT molecular complexity index is 1430. The number of nitrogens with one attached hydrogen (secondary N) is 1. The molecule has 1 fully saturated rings. The number of rotatable bonds is 2. The molecule has 2 heterocycles. The smallest absolute Gasteiger partial charge is 0.261 e. The van der Waals surface area contributed by atoms with Gasteiger partial charge in [0.2, 0.25) is 11.9 Å². The molecule has 5 rings (SSSR count). The SMILES string of the molecule is CC#Cc1ccc2sc3c(c2c1)CC([C@]1(C)CC(=O)N(C)C(=N)N1C(=O)c1ccccc1)C=C3. The van der Waals surface area contributed by atoms with E-state index in [0.29, 0.717) is 12.0 Å². The Morgan fingerprint density at radius 3 is 2.71 bits per heavy atom. The Hall–Kier alpha value is -3.69. The van der Waals surface area contributed by atoms with Gasteiger partial charge in [0.05, 0.1) is 12.0 Å². The third-order valence-corrected chi connectivity index (χ3v) is 8.12. The minimum atomic E-state index is -0.864. The zero-order valence-electron chi connectivity index (χ0n) is 19.4. The summed E-state index contributed by atoms with van der Waals surface area (Å²) in [5, 5.41) is 9.90. The molecule has 0 spiro atoms. The van der Waals surface area contributed by atoms with E-state index in [2.05, 4.69) is 36.1 Å². The Morgan fingerprint density at radius 1 is 1.21 bits per heavy atom. The summed E-state index contributed by atoms with van der Waals surface area (Å²) >= 11 is 1.75. The zero-order valence-corrected chi connectivity index (χ0v) is 20.2. The van der Waals surface area contributed by atoms with E-state index in [1.807, 2.05) is 38.1 Å². The molecule has 2 aromatic carbocycles. The van der Waals surface area contributed by atoms with E-state index in [4.69, 9.17) is 5.41 Å². The quantitative estimate of drug-likeness (QED) is 0.530. The third-order valence-electron chi connectivity index (χ3n) is 6.94. The normalized spacial score (nSPS) is 21.9. The second-order valence-electron chi connectivity index (χ2n) is 9.02. The van der Waals surface area contributed by atoms with Crippen LogP contribution in [-0.2, 0) is 11.2 Å². The van der Waals surface area contributed by atoms with E-state index < -0.39 is 5.54 Å². The van der Waals surface area contributed by atoms with Crippen molar-refractivity contribution in [1.29, 1.82) is 5.41 Å². The third kappa shape index (κ3) is 3.44. The maximum atomic E-state index is 13.7. The molecule has 2 aliphatic rings. The number of amides is 2.